The highest BCUT2D eigenvalue weighted by atomic mass is 19.1. The van der Waals surface area contributed by atoms with Crippen LogP contribution in [0.4, 0.5) is 20.6 Å². The van der Waals surface area contributed by atoms with Crippen molar-refractivity contribution < 1.29 is 14.0 Å². The number of urea groups is 1. The molecule has 0 saturated heterocycles. The number of benzene rings is 3. The molecule has 1 aliphatic heterocycles. The van der Waals surface area contributed by atoms with Crippen LogP contribution in [0, 0.1) is 5.82 Å². The zero-order valence-electron chi connectivity index (χ0n) is 18.7. The largest absolute Gasteiger partial charge is 0.390 e. The van der Waals surface area contributed by atoms with Crippen molar-refractivity contribution in [2.45, 2.75) is 19.1 Å². The minimum Gasteiger partial charge on any atom is -0.390 e. The molecule has 1 aliphatic rings. The van der Waals surface area contributed by atoms with E-state index in [1.54, 1.807) is 23.1 Å². The molecule has 0 aromatic heterocycles. The maximum absolute atomic E-state index is 14.1. The number of carbonyl (C=O) groups excluding carboxylic acids is 1. The summed E-state index contributed by atoms with van der Waals surface area (Å²) >= 11 is 0. The van der Waals surface area contributed by atoms with Crippen LogP contribution in [-0.4, -0.2) is 43.4 Å². The van der Waals surface area contributed by atoms with Crippen LogP contribution in [-0.2, 0) is 11.4 Å². The van der Waals surface area contributed by atoms with Gasteiger partial charge >= 0.3 is 6.03 Å². The van der Waals surface area contributed by atoms with Crippen molar-refractivity contribution in [3.63, 3.8) is 0 Å². The Bertz CT molecular complexity index is 1120. The second-order valence-corrected chi connectivity index (χ2v) is 8.19. The topological polar surface area (TPSA) is 57.2 Å². The molecular formula is C26H27FN4O2. The van der Waals surface area contributed by atoms with E-state index in [4.69, 9.17) is 4.84 Å². The van der Waals surface area contributed by atoms with E-state index in [0.29, 0.717) is 19.5 Å². The van der Waals surface area contributed by atoms with Gasteiger partial charge in [-0.15, -0.1) is 0 Å². The van der Waals surface area contributed by atoms with Crippen molar-refractivity contribution in [1.82, 2.24) is 4.90 Å². The SMILES string of the molecule is CN(C)c1ccc(C2=NOC(CN(Cc3ccccc3)C(=O)Nc3ccccc3F)C2)cc1. The van der Waals surface area contributed by atoms with E-state index >= 15 is 0 Å². The zero-order valence-corrected chi connectivity index (χ0v) is 18.7. The normalized spacial score (nSPS) is 14.9. The molecule has 33 heavy (non-hydrogen) atoms. The molecule has 1 N–H and O–H groups in total. The summed E-state index contributed by atoms with van der Waals surface area (Å²) < 4.78 is 14.1. The van der Waals surface area contributed by atoms with Gasteiger partial charge in [-0.25, -0.2) is 9.18 Å². The van der Waals surface area contributed by atoms with E-state index in [1.807, 2.05) is 73.6 Å². The minimum atomic E-state index is -0.477. The number of nitrogens with zero attached hydrogens (tertiary/aromatic N) is 3. The van der Waals surface area contributed by atoms with E-state index < -0.39 is 11.8 Å². The highest BCUT2D eigenvalue weighted by molar-refractivity contribution is 6.01. The van der Waals surface area contributed by atoms with Gasteiger partial charge in [-0.05, 0) is 35.4 Å². The van der Waals surface area contributed by atoms with Gasteiger partial charge in [0.1, 0.15) is 5.82 Å². The lowest BCUT2D eigenvalue weighted by atomic mass is 10.0. The predicted octanol–water partition coefficient (Wildman–Crippen LogP) is 5.12. The number of carbonyl (C=O) groups is 1. The van der Waals surface area contributed by atoms with E-state index in [0.717, 1.165) is 22.5 Å². The van der Waals surface area contributed by atoms with E-state index in [9.17, 15) is 9.18 Å². The van der Waals surface area contributed by atoms with Gasteiger partial charge in [-0.2, -0.15) is 0 Å². The third-order valence-corrected chi connectivity index (χ3v) is 5.49. The Morgan fingerprint density at radius 3 is 2.42 bits per heavy atom. The Kier molecular flexibility index (Phi) is 6.88. The highest BCUT2D eigenvalue weighted by Crippen LogP contribution is 2.22. The molecule has 0 saturated carbocycles. The molecule has 0 fully saturated rings. The van der Waals surface area contributed by atoms with Crippen LogP contribution in [0.25, 0.3) is 0 Å². The van der Waals surface area contributed by atoms with Crippen LogP contribution >= 0.6 is 0 Å². The zero-order chi connectivity index (χ0) is 23.2. The molecule has 6 nitrogen and oxygen atoms in total. The van der Waals surface area contributed by atoms with Gasteiger partial charge in [-0.3, -0.25) is 0 Å². The first-order chi connectivity index (χ1) is 16.0. The number of amides is 2. The molecule has 0 bridgehead atoms. The Morgan fingerprint density at radius 1 is 1.03 bits per heavy atom. The molecule has 0 spiro atoms. The van der Waals surface area contributed by atoms with Crippen LogP contribution in [0.2, 0.25) is 0 Å². The number of nitrogens with one attached hydrogen (secondary N) is 1. The average Bonchev–Trinajstić information content (AvgIpc) is 3.29. The quantitative estimate of drug-likeness (QED) is 0.548. The molecule has 2 amide bonds. The summed E-state index contributed by atoms with van der Waals surface area (Å²) in [6.45, 7) is 0.686. The molecule has 0 aliphatic carbocycles. The van der Waals surface area contributed by atoms with Crippen molar-refractivity contribution in [2.24, 2.45) is 5.16 Å². The van der Waals surface area contributed by atoms with Gasteiger partial charge in [0.2, 0.25) is 0 Å². The van der Waals surface area contributed by atoms with E-state index in [-0.39, 0.29) is 11.8 Å². The second kappa shape index (κ2) is 10.2. The van der Waals surface area contributed by atoms with Crippen molar-refractivity contribution in [3.05, 3.63) is 95.8 Å². The number of rotatable bonds is 7. The van der Waals surface area contributed by atoms with Crippen molar-refractivity contribution in [3.8, 4) is 0 Å². The molecule has 0 radical (unpaired) electrons. The summed E-state index contributed by atoms with van der Waals surface area (Å²) in [4.78, 5) is 22.4. The van der Waals surface area contributed by atoms with Gasteiger partial charge in [0, 0.05) is 32.7 Å². The van der Waals surface area contributed by atoms with E-state index in [2.05, 4.69) is 10.5 Å². The lowest BCUT2D eigenvalue weighted by Gasteiger charge is -2.25. The third-order valence-electron chi connectivity index (χ3n) is 5.49. The average molecular weight is 447 g/mol. The molecule has 4 rings (SSSR count). The fourth-order valence-electron chi connectivity index (χ4n) is 3.67. The van der Waals surface area contributed by atoms with Crippen LogP contribution in [0.3, 0.4) is 0 Å². The van der Waals surface area contributed by atoms with Crippen LogP contribution < -0.4 is 10.2 Å². The van der Waals surface area contributed by atoms with Gasteiger partial charge < -0.3 is 20.0 Å². The van der Waals surface area contributed by atoms with Gasteiger partial charge in [0.05, 0.1) is 17.9 Å². The minimum absolute atomic E-state index is 0.144. The van der Waals surface area contributed by atoms with Crippen molar-refractivity contribution in [1.29, 1.82) is 0 Å². The molecule has 7 heteroatoms. The summed E-state index contributed by atoms with van der Waals surface area (Å²) in [5.74, 6) is -0.477. The standard InChI is InChI=1S/C26H27FN4O2/c1-30(2)21-14-12-20(13-15-21)25-16-22(33-29-25)18-31(17-19-8-4-3-5-9-19)26(32)28-24-11-7-6-10-23(24)27/h3-15,22H,16-18H2,1-2H3,(H,28,32). The summed E-state index contributed by atoms with van der Waals surface area (Å²) in [5.41, 5.74) is 4.06. The van der Waals surface area contributed by atoms with Crippen molar-refractivity contribution in [2.75, 3.05) is 30.9 Å². The highest BCUT2D eigenvalue weighted by Gasteiger charge is 2.27. The molecule has 3 aromatic rings. The maximum Gasteiger partial charge on any atom is 0.322 e. The molecule has 170 valence electrons. The summed E-state index contributed by atoms with van der Waals surface area (Å²) in [7, 11) is 3.99. The maximum atomic E-state index is 14.1. The third kappa shape index (κ3) is 5.68. The molecule has 1 heterocycles. The number of oxime groups is 1. The van der Waals surface area contributed by atoms with Gasteiger partial charge in [0.25, 0.3) is 0 Å². The smallest absolute Gasteiger partial charge is 0.322 e. The Balaban J connectivity index is 1.45. The second-order valence-electron chi connectivity index (χ2n) is 8.19. The van der Waals surface area contributed by atoms with Crippen LogP contribution in [0.15, 0.2) is 84.0 Å². The number of para-hydroxylation sites is 1. The first-order valence-corrected chi connectivity index (χ1v) is 10.8. The van der Waals surface area contributed by atoms with Gasteiger partial charge in [0.15, 0.2) is 6.10 Å². The monoisotopic (exact) mass is 446 g/mol. The molecule has 1 atom stereocenters. The summed E-state index contributed by atoms with van der Waals surface area (Å²) in [6.07, 6.45) is 0.295. The van der Waals surface area contributed by atoms with Crippen LogP contribution in [0.5, 0.6) is 0 Å². The van der Waals surface area contributed by atoms with Gasteiger partial charge in [-0.1, -0.05) is 59.8 Å². The Labute approximate surface area is 193 Å². The van der Waals surface area contributed by atoms with Crippen LogP contribution in [0.1, 0.15) is 17.5 Å². The number of hydrogen-bond donors (Lipinski definition) is 1. The molecule has 3 aromatic carbocycles. The Morgan fingerprint density at radius 2 is 1.73 bits per heavy atom. The van der Waals surface area contributed by atoms with Crippen molar-refractivity contribution >= 4 is 23.1 Å². The van der Waals surface area contributed by atoms with E-state index in [1.165, 1.54) is 6.07 Å². The fourth-order valence-corrected chi connectivity index (χ4v) is 3.67. The first-order valence-electron chi connectivity index (χ1n) is 10.8. The molecule has 1 unspecified atom stereocenters. The Hall–Kier alpha value is -3.87. The first kappa shape index (κ1) is 22.3. The lowest BCUT2D eigenvalue weighted by Crippen LogP contribution is -2.40. The summed E-state index contributed by atoms with van der Waals surface area (Å²) in [6, 6.07) is 23.5. The number of anilines is 2. The number of halogens is 1. The number of hydrogen-bond acceptors (Lipinski definition) is 4. The summed E-state index contributed by atoms with van der Waals surface area (Å²) in [5, 5.41) is 6.94. The fraction of sp³-hybridized carbons (Fsp3) is 0.231. The predicted molar refractivity (Wildman–Crippen MR) is 129 cm³/mol. The lowest BCUT2D eigenvalue weighted by molar-refractivity contribution is 0.0608. The molecular weight excluding hydrogens is 419 g/mol.